The van der Waals surface area contributed by atoms with Gasteiger partial charge in [0.1, 0.15) is 11.5 Å². The number of hydrogen-bond acceptors (Lipinski definition) is 5. The summed E-state index contributed by atoms with van der Waals surface area (Å²) in [7, 11) is 3.65. The molecule has 144 valence electrons. The quantitative estimate of drug-likeness (QED) is 0.698. The molecule has 3 heterocycles. The van der Waals surface area contributed by atoms with Crippen LogP contribution in [0.1, 0.15) is 10.5 Å². The van der Waals surface area contributed by atoms with Gasteiger partial charge in [0.2, 0.25) is 5.88 Å². The van der Waals surface area contributed by atoms with Gasteiger partial charge in [0.25, 0.3) is 5.91 Å². The molecule has 0 aliphatic carbocycles. The minimum absolute atomic E-state index is 0.0366. The molecule has 3 aromatic rings. The zero-order valence-electron chi connectivity index (χ0n) is 16.1. The molecular formula is C21H23N5O2. The van der Waals surface area contributed by atoms with Crippen molar-refractivity contribution in [1.29, 1.82) is 0 Å². The molecule has 1 aromatic carbocycles. The predicted octanol–water partition coefficient (Wildman–Crippen LogP) is 2.33. The van der Waals surface area contributed by atoms with Crippen molar-refractivity contribution >= 4 is 5.91 Å². The fourth-order valence-corrected chi connectivity index (χ4v) is 3.28. The molecule has 0 N–H and O–H groups in total. The topological polar surface area (TPSA) is 63.5 Å². The molecule has 1 aliphatic rings. The second-order valence-corrected chi connectivity index (χ2v) is 6.84. The molecule has 0 radical (unpaired) electrons. The lowest BCUT2D eigenvalue weighted by Crippen LogP contribution is -2.47. The summed E-state index contributed by atoms with van der Waals surface area (Å²) in [5.41, 5.74) is 2.21. The minimum Gasteiger partial charge on any atom is -0.481 e. The van der Waals surface area contributed by atoms with E-state index in [0.717, 1.165) is 24.3 Å². The van der Waals surface area contributed by atoms with Crippen LogP contribution in [0, 0.1) is 0 Å². The SMILES string of the molecule is COc1ccc(-c2nc(C(=O)N3CCN(C)CC3)cn2-c2ccccc2)cn1. The Morgan fingerprint density at radius 1 is 1.04 bits per heavy atom. The second kappa shape index (κ2) is 7.82. The maximum Gasteiger partial charge on any atom is 0.274 e. The van der Waals surface area contributed by atoms with Crippen LogP contribution in [-0.2, 0) is 0 Å². The van der Waals surface area contributed by atoms with Crippen molar-refractivity contribution in [2.45, 2.75) is 0 Å². The monoisotopic (exact) mass is 377 g/mol. The van der Waals surface area contributed by atoms with E-state index in [1.54, 1.807) is 19.4 Å². The Labute approximate surface area is 164 Å². The first-order valence-electron chi connectivity index (χ1n) is 9.29. The third-order valence-corrected chi connectivity index (χ3v) is 4.95. The number of para-hydroxylation sites is 1. The smallest absolute Gasteiger partial charge is 0.274 e. The summed E-state index contributed by atoms with van der Waals surface area (Å²) in [5, 5.41) is 0. The Morgan fingerprint density at radius 3 is 2.43 bits per heavy atom. The molecule has 1 aliphatic heterocycles. The van der Waals surface area contributed by atoms with Gasteiger partial charge in [-0.25, -0.2) is 9.97 Å². The Kier molecular flexibility index (Phi) is 5.08. The minimum atomic E-state index is -0.0366. The van der Waals surface area contributed by atoms with E-state index in [1.807, 2.05) is 52.1 Å². The van der Waals surface area contributed by atoms with Gasteiger partial charge in [-0.05, 0) is 25.2 Å². The first kappa shape index (κ1) is 18.2. The van der Waals surface area contributed by atoms with E-state index in [1.165, 1.54) is 0 Å². The molecule has 28 heavy (non-hydrogen) atoms. The summed E-state index contributed by atoms with van der Waals surface area (Å²) in [6.07, 6.45) is 3.53. The number of ether oxygens (including phenoxy) is 1. The number of carbonyl (C=O) groups excluding carboxylic acids is 1. The summed E-state index contributed by atoms with van der Waals surface area (Å²) in [6, 6.07) is 13.6. The number of pyridine rings is 1. The number of methoxy groups -OCH3 is 1. The standard InChI is InChI=1S/C21H23N5O2/c1-24-10-12-25(13-11-24)21(27)18-15-26(17-6-4-3-5-7-17)20(23-18)16-8-9-19(28-2)22-14-16/h3-9,14-15H,10-13H2,1-2H3. The van der Waals surface area contributed by atoms with Gasteiger partial charge in [-0.2, -0.15) is 0 Å². The number of carbonyl (C=O) groups is 1. The molecule has 0 unspecified atom stereocenters. The Morgan fingerprint density at radius 2 is 1.79 bits per heavy atom. The molecule has 1 saturated heterocycles. The summed E-state index contributed by atoms with van der Waals surface area (Å²) in [6.45, 7) is 3.18. The molecule has 0 bridgehead atoms. The molecule has 2 aromatic heterocycles. The van der Waals surface area contributed by atoms with Crippen molar-refractivity contribution in [3.63, 3.8) is 0 Å². The van der Waals surface area contributed by atoms with Gasteiger partial charge in [0, 0.05) is 55.9 Å². The molecule has 0 saturated carbocycles. The van der Waals surface area contributed by atoms with E-state index in [2.05, 4.69) is 21.9 Å². The lowest BCUT2D eigenvalue weighted by Gasteiger charge is -2.31. The van der Waals surface area contributed by atoms with Crippen LogP contribution in [-0.4, -0.2) is 70.6 Å². The lowest BCUT2D eigenvalue weighted by atomic mass is 10.2. The zero-order chi connectivity index (χ0) is 19.5. The van der Waals surface area contributed by atoms with E-state index >= 15 is 0 Å². The van der Waals surface area contributed by atoms with Crippen LogP contribution in [0.2, 0.25) is 0 Å². The van der Waals surface area contributed by atoms with Gasteiger partial charge in [-0.1, -0.05) is 18.2 Å². The number of rotatable bonds is 4. The third kappa shape index (κ3) is 3.61. The maximum atomic E-state index is 13.0. The largest absolute Gasteiger partial charge is 0.481 e. The highest BCUT2D eigenvalue weighted by molar-refractivity contribution is 5.93. The second-order valence-electron chi connectivity index (χ2n) is 6.84. The highest BCUT2D eigenvalue weighted by Crippen LogP contribution is 2.24. The summed E-state index contributed by atoms with van der Waals surface area (Å²) < 4.78 is 7.09. The fourth-order valence-electron chi connectivity index (χ4n) is 3.28. The van der Waals surface area contributed by atoms with Crippen molar-refractivity contribution in [3.05, 3.63) is 60.6 Å². The molecular weight excluding hydrogens is 354 g/mol. The number of imidazole rings is 1. The molecule has 1 amide bonds. The number of aromatic nitrogens is 3. The molecule has 7 heteroatoms. The average Bonchev–Trinajstić information content (AvgIpc) is 3.20. The molecule has 4 rings (SSSR count). The molecule has 0 spiro atoms. The maximum absolute atomic E-state index is 13.0. The van der Waals surface area contributed by atoms with Crippen LogP contribution in [0.5, 0.6) is 5.88 Å². The Hall–Kier alpha value is -3.19. The lowest BCUT2D eigenvalue weighted by molar-refractivity contribution is 0.0659. The van der Waals surface area contributed by atoms with E-state index in [4.69, 9.17) is 4.74 Å². The van der Waals surface area contributed by atoms with Gasteiger partial charge < -0.3 is 14.5 Å². The van der Waals surface area contributed by atoms with Crippen LogP contribution < -0.4 is 4.74 Å². The van der Waals surface area contributed by atoms with Gasteiger partial charge in [0.15, 0.2) is 0 Å². The van der Waals surface area contributed by atoms with Crippen molar-refractivity contribution in [2.75, 3.05) is 40.3 Å². The van der Waals surface area contributed by atoms with Gasteiger partial charge in [0.05, 0.1) is 7.11 Å². The van der Waals surface area contributed by atoms with Crippen LogP contribution in [0.4, 0.5) is 0 Å². The first-order valence-corrected chi connectivity index (χ1v) is 9.29. The van der Waals surface area contributed by atoms with E-state index in [0.29, 0.717) is 30.5 Å². The third-order valence-electron chi connectivity index (χ3n) is 4.95. The summed E-state index contributed by atoms with van der Waals surface area (Å²) in [5.74, 6) is 1.18. The van der Waals surface area contributed by atoms with Crippen molar-refractivity contribution < 1.29 is 9.53 Å². The van der Waals surface area contributed by atoms with Gasteiger partial charge in [-0.3, -0.25) is 9.36 Å². The highest BCUT2D eigenvalue weighted by Gasteiger charge is 2.24. The van der Waals surface area contributed by atoms with Crippen LogP contribution in [0.15, 0.2) is 54.9 Å². The highest BCUT2D eigenvalue weighted by atomic mass is 16.5. The number of nitrogens with zero attached hydrogens (tertiary/aromatic N) is 5. The van der Waals surface area contributed by atoms with Crippen molar-refractivity contribution in [3.8, 4) is 23.0 Å². The van der Waals surface area contributed by atoms with Gasteiger partial charge in [-0.15, -0.1) is 0 Å². The normalized spacial score (nSPS) is 14.9. The Bertz CT molecular complexity index is 945. The predicted molar refractivity (Wildman–Crippen MR) is 107 cm³/mol. The number of piperazine rings is 1. The number of likely N-dealkylation sites (N-methyl/N-ethyl adjacent to an activating group) is 1. The molecule has 7 nitrogen and oxygen atoms in total. The van der Waals surface area contributed by atoms with E-state index in [-0.39, 0.29) is 5.91 Å². The van der Waals surface area contributed by atoms with Crippen LogP contribution >= 0.6 is 0 Å². The molecule has 0 atom stereocenters. The number of benzene rings is 1. The van der Waals surface area contributed by atoms with Crippen LogP contribution in [0.25, 0.3) is 17.1 Å². The Balaban J connectivity index is 1.72. The fraction of sp³-hybridized carbons (Fsp3) is 0.286. The van der Waals surface area contributed by atoms with Crippen molar-refractivity contribution in [1.82, 2.24) is 24.3 Å². The zero-order valence-corrected chi connectivity index (χ0v) is 16.1. The van der Waals surface area contributed by atoms with Gasteiger partial charge >= 0.3 is 0 Å². The first-order chi connectivity index (χ1) is 13.7. The van der Waals surface area contributed by atoms with E-state index < -0.39 is 0 Å². The average molecular weight is 377 g/mol. The van der Waals surface area contributed by atoms with E-state index in [9.17, 15) is 4.79 Å². The van der Waals surface area contributed by atoms with Crippen molar-refractivity contribution in [2.24, 2.45) is 0 Å². The van der Waals surface area contributed by atoms with Crippen LogP contribution in [0.3, 0.4) is 0 Å². The summed E-state index contributed by atoms with van der Waals surface area (Å²) in [4.78, 5) is 26.1. The number of hydrogen-bond donors (Lipinski definition) is 0. The molecule has 1 fully saturated rings. The number of amides is 1. The summed E-state index contributed by atoms with van der Waals surface area (Å²) >= 11 is 0.